The van der Waals surface area contributed by atoms with Crippen LogP contribution in [0, 0.1) is 18.8 Å². The standard InChI is InChI=1S/C24H30N4O3/c1-15(2)22(23(30)25-19-9-7-16(3)8-10-19)26-24(31)27-12-17-11-18(14-27)20-5-4-6-21(29)28(20)13-17/h4-10,15,17-18,22H,11-14H2,1-3H3,(H,25,30)(H,26,31)/t17-,18-,22+/m1/s1. The molecule has 0 spiro atoms. The van der Waals surface area contributed by atoms with Crippen LogP contribution < -0.4 is 16.2 Å². The van der Waals surface area contributed by atoms with E-state index in [0.717, 1.165) is 17.7 Å². The minimum absolute atomic E-state index is 0.0257. The first-order chi connectivity index (χ1) is 14.8. The zero-order valence-electron chi connectivity index (χ0n) is 18.3. The molecule has 0 aliphatic carbocycles. The Kier molecular flexibility index (Phi) is 5.85. The highest BCUT2D eigenvalue weighted by Gasteiger charge is 2.37. The Morgan fingerprint density at radius 2 is 1.77 bits per heavy atom. The van der Waals surface area contributed by atoms with Crippen molar-refractivity contribution in [3.8, 4) is 0 Å². The number of benzene rings is 1. The van der Waals surface area contributed by atoms with E-state index >= 15 is 0 Å². The quantitative estimate of drug-likeness (QED) is 0.795. The normalized spacial score (nSPS) is 20.7. The van der Waals surface area contributed by atoms with Crippen molar-refractivity contribution in [2.24, 2.45) is 11.8 Å². The summed E-state index contributed by atoms with van der Waals surface area (Å²) < 4.78 is 1.85. The van der Waals surface area contributed by atoms with Gasteiger partial charge in [-0.1, -0.05) is 37.6 Å². The first-order valence-corrected chi connectivity index (χ1v) is 10.9. The molecule has 3 amide bonds. The fourth-order valence-corrected chi connectivity index (χ4v) is 4.68. The number of hydrogen-bond acceptors (Lipinski definition) is 3. The van der Waals surface area contributed by atoms with E-state index in [1.54, 1.807) is 17.0 Å². The lowest BCUT2D eigenvalue weighted by molar-refractivity contribution is -0.118. The molecule has 7 heteroatoms. The Hall–Kier alpha value is -3.09. The van der Waals surface area contributed by atoms with Crippen molar-refractivity contribution < 1.29 is 9.59 Å². The van der Waals surface area contributed by atoms with Gasteiger partial charge in [-0.15, -0.1) is 0 Å². The van der Waals surface area contributed by atoms with Crippen LogP contribution in [0.25, 0.3) is 0 Å². The fourth-order valence-electron chi connectivity index (χ4n) is 4.68. The number of aryl methyl sites for hydroxylation is 1. The minimum Gasteiger partial charge on any atom is -0.326 e. The van der Waals surface area contributed by atoms with Crippen molar-refractivity contribution in [3.05, 3.63) is 64.1 Å². The van der Waals surface area contributed by atoms with E-state index in [4.69, 9.17) is 0 Å². The molecule has 3 atom stereocenters. The molecule has 2 N–H and O–H groups in total. The largest absolute Gasteiger partial charge is 0.326 e. The summed E-state index contributed by atoms with van der Waals surface area (Å²) in [6, 6.07) is 12.1. The number of urea groups is 1. The molecule has 2 bridgehead atoms. The topological polar surface area (TPSA) is 83.4 Å². The van der Waals surface area contributed by atoms with Crippen LogP contribution in [-0.4, -0.2) is 40.5 Å². The second kappa shape index (κ2) is 8.57. The minimum atomic E-state index is -0.634. The lowest BCUT2D eigenvalue weighted by Gasteiger charge is -2.43. The van der Waals surface area contributed by atoms with Gasteiger partial charge in [-0.3, -0.25) is 9.59 Å². The van der Waals surface area contributed by atoms with Crippen molar-refractivity contribution in [1.29, 1.82) is 0 Å². The highest BCUT2D eigenvalue weighted by Crippen LogP contribution is 2.34. The van der Waals surface area contributed by atoms with E-state index in [2.05, 4.69) is 10.6 Å². The summed E-state index contributed by atoms with van der Waals surface area (Å²) in [5.41, 5.74) is 2.85. The van der Waals surface area contributed by atoms with Crippen LogP contribution in [0.4, 0.5) is 10.5 Å². The average Bonchev–Trinajstić information content (AvgIpc) is 2.74. The summed E-state index contributed by atoms with van der Waals surface area (Å²) >= 11 is 0. The molecule has 2 aromatic rings. The van der Waals surface area contributed by atoms with Crippen molar-refractivity contribution in [3.63, 3.8) is 0 Å². The average molecular weight is 423 g/mol. The number of pyridine rings is 1. The maximum atomic E-state index is 13.1. The molecule has 0 saturated carbocycles. The lowest BCUT2D eigenvalue weighted by Crippen LogP contribution is -2.56. The summed E-state index contributed by atoms with van der Waals surface area (Å²) in [7, 11) is 0. The van der Waals surface area contributed by atoms with Crippen molar-refractivity contribution in [1.82, 2.24) is 14.8 Å². The van der Waals surface area contributed by atoms with Crippen molar-refractivity contribution in [2.75, 3.05) is 18.4 Å². The zero-order valence-corrected chi connectivity index (χ0v) is 18.3. The van der Waals surface area contributed by atoms with E-state index in [0.29, 0.717) is 25.3 Å². The number of aromatic nitrogens is 1. The molecule has 4 rings (SSSR count). The number of piperidine rings is 1. The number of fused-ring (bicyclic) bond motifs is 4. The molecule has 3 heterocycles. The number of hydrogen-bond donors (Lipinski definition) is 2. The molecule has 31 heavy (non-hydrogen) atoms. The number of likely N-dealkylation sites (tertiary alicyclic amines) is 1. The lowest BCUT2D eigenvalue weighted by atomic mass is 9.83. The third kappa shape index (κ3) is 4.50. The number of nitrogens with zero attached hydrogens (tertiary/aromatic N) is 2. The van der Waals surface area contributed by atoms with Crippen LogP contribution in [0.15, 0.2) is 47.3 Å². The van der Waals surface area contributed by atoms with Crippen LogP contribution in [0.5, 0.6) is 0 Å². The Bertz CT molecular complexity index is 1030. The van der Waals surface area contributed by atoms with Crippen LogP contribution in [0.1, 0.15) is 37.4 Å². The molecular weight excluding hydrogens is 392 g/mol. The number of carbonyl (C=O) groups is 2. The highest BCUT2D eigenvalue weighted by molar-refractivity contribution is 5.97. The molecule has 0 unspecified atom stereocenters. The summed E-state index contributed by atoms with van der Waals surface area (Å²) in [4.78, 5) is 40.0. The van der Waals surface area contributed by atoms with Gasteiger partial charge in [-0.2, -0.15) is 0 Å². The van der Waals surface area contributed by atoms with Crippen LogP contribution in [-0.2, 0) is 11.3 Å². The number of nitrogens with one attached hydrogen (secondary N) is 2. The second-order valence-corrected chi connectivity index (χ2v) is 9.13. The zero-order chi connectivity index (χ0) is 22.1. The predicted octanol–water partition coefficient (Wildman–Crippen LogP) is 2.95. The van der Waals surface area contributed by atoms with E-state index in [1.165, 1.54) is 0 Å². The molecule has 164 valence electrons. The van der Waals surface area contributed by atoms with E-state index < -0.39 is 6.04 Å². The second-order valence-electron chi connectivity index (χ2n) is 9.13. The van der Waals surface area contributed by atoms with Gasteiger partial charge in [0.1, 0.15) is 6.04 Å². The number of amides is 3. The Morgan fingerprint density at radius 1 is 1.03 bits per heavy atom. The Morgan fingerprint density at radius 3 is 2.48 bits per heavy atom. The maximum absolute atomic E-state index is 13.1. The summed E-state index contributed by atoms with van der Waals surface area (Å²) in [5, 5.41) is 5.86. The third-order valence-electron chi connectivity index (χ3n) is 6.31. The van der Waals surface area contributed by atoms with Gasteiger partial charge in [0.05, 0.1) is 0 Å². The number of rotatable bonds is 4. The first-order valence-electron chi connectivity index (χ1n) is 10.9. The number of anilines is 1. The Labute approximate surface area is 182 Å². The molecule has 1 aromatic heterocycles. The molecule has 0 radical (unpaired) electrons. The fraction of sp³-hybridized carbons (Fsp3) is 0.458. The van der Waals surface area contributed by atoms with Crippen LogP contribution in [0.2, 0.25) is 0 Å². The summed E-state index contributed by atoms with van der Waals surface area (Å²) in [6.45, 7) is 7.62. The SMILES string of the molecule is Cc1ccc(NC(=O)[C@@H](NC(=O)N2C[C@H]3C[C@H](C2)c2cccc(=O)n2C3)C(C)C)cc1. The van der Waals surface area contributed by atoms with Crippen LogP contribution in [0.3, 0.4) is 0 Å². The van der Waals surface area contributed by atoms with E-state index in [-0.39, 0.29) is 35.3 Å². The summed E-state index contributed by atoms with van der Waals surface area (Å²) in [5.74, 6) is 0.112. The maximum Gasteiger partial charge on any atom is 0.318 e. The van der Waals surface area contributed by atoms with E-state index in [1.807, 2.05) is 55.7 Å². The number of carbonyl (C=O) groups excluding carboxylic acids is 2. The summed E-state index contributed by atoms with van der Waals surface area (Å²) in [6.07, 6.45) is 0.981. The molecule has 7 nitrogen and oxygen atoms in total. The highest BCUT2D eigenvalue weighted by atomic mass is 16.2. The van der Waals surface area contributed by atoms with Gasteiger partial charge in [0.15, 0.2) is 0 Å². The first kappa shape index (κ1) is 21.2. The molecule has 1 saturated heterocycles. The molecule has 2 aliphatic rings. The van der Waals surface area contributed by atoms with E-state index in [9.17, 15) is 14.4 Å². The van der Waals surface area contributed by atoms with Gasteiger partial charge in [-0.25, -0.2) is 4.79 Å². The van der Waals surface area contributed by atoms with Gasteiger partial charge in [-0.05, 0) is 43.4 Å². The van der Waals surface area contributed by atoms with Gasteiger partial charge >= 0.3 is 6.03 Å². The van der Waals surface area contributed by atoms with Gasteiger partial charge in [0.2, 0.25) is 5.91 Å². The Balaban J connectivity index is 1.44. The third-order valence-corrected chi connectivity index (χ3v) is 6.31. The van der Waals surface area contributed by atoms with Gasteiger partial charge < -0.3 is 20.1 Å². The van der Waals surface area contributed by atoms with Crippen molar-refractivity contribution in [2.45, 2.75) is 45.7 Å². The van der Waals surface area contributed by atoms with Gasteiger partial charge in [0, 0.05) is 43.0 Å². The smallest absolute Gasteiger partial charge is 0.318 e. The monoisotopic (exact) mass is 422 g/mol. The van der Waals surface area contributed by atoms with Crippen LogP contribution >= 0.6 is 0 Å². The molecular formula is C24H30N4O3. The predicted molar refractivity (Wildman–Crippen MR) is 120 cm³/mol. The van der Waals surface area contributed by atoms with Crippen molar-refractivity contribution >= 4 is 17.6 Å². The molecule has 1 aromatic carbocycles. The van der Waals surface area contributed by atoms with Gasteiger partial charge in [0.25, 0.3) is 5.56 Å². The molecule has 1 fully saturated rings. The molecule has 2 aliphatic heterocycles.